The van der Waals surface area contributed by atoms with Gasteiger partial charge in [0.2, 0.25) is 0 Å². The molecular formula is C21H22ClN5O4. The lowest BCUT2D eigenvalue weighted by Gasteiger charge is -2.27. The van der Waals surface area contributed by atoms with E-state index in [1.807, 2.05) is 0 Å². The van der Waals surface area contributed by atoms with E-state index in [-0.39, 0.29) is 17.4 Å². The van der Waals surface area contributed by atoms with Crippen LogP contribution in [0.2, 0.25) is 5.15 Å². The molecule has 4 rings (SSSR count). The smallest absolute Gasteiger partial charge is 0.416 e. The first-order valence-corrected chi connectivity index (χ1v) is 10.3. The van der Waals surface area contributed by atoms with Gasteiger partial charge in [-0.1, -0.05) is 23.7 Å². The van der Waals surface area contributed by atoms with Crippen molar-refractivity contribution in [1.82, 2.24) is 14.6 Å². The largest absolute Gasteiger partial charge is 0.443 e. The van der Waals surface area contributed by atoms with Crippen molar-refractivity contribution in [3.05, 3.63) is 62.9 Å². The predicted molar refractivity (Wildman–Crippen MR) is 115 cm³/mol. The highest BCUT2D eigenvalue weighted by Gasteiger charge is 2.31. The zero-order chi connectivity index (χ0) is 22.3. The fourth-order valence-corrected chi connectivity index (χ4v) is 3.49. The van der Waals surface area contributed by atoms with Gasteiger partial charge in [0, 0.05) is 23.8 Å². The SMILES string of the molecule is CC(C)(C)OC(=O)N(Cc1cccc([N+](=O)[O-])c1)c1cc(Cl)nc2c(C3CC3)cnn12. The number of nitro groups is 1. The minimum atomic E-state index is -0.739. The molecule has 1 aliphatic carbocycles. The quantitative estimate of drug-likeness (QED) is 0.308. The van der Waals surface area contributed by atoms with Crippen molar-refractivity contribution in [3.8, 4) is 0 Å². The third kappa shape index (κ3) is 4.61. The van der Waals surface area contributed by atoms with Crippen LogP contribution >= 0.6 is 11.6 Å². The molecule has 162 valence electrons. The fraction of sp³-hybridized carbons (Fsp3) is 0.381. The van der Waals surface area contributed by atoms with Gasteiger partial charge in [0.05, 0.1) is 17.7 Å². The van der Waals surface area contributed by atoms with Crippen LogP contribution in [0, 0.1) is 10.1 Å². The molecule has 2 heterocycles. The predicted octanol–water partition coefficient (Wildman–Crippen LogP) is 5.11. The Morgan fingerprint density at radius 3 is 2.74 bits per heavy atom. The summed E-state index contributed by atoms with van der Waals surface area (Å²) >= 11 is 6.31. The number of nitrogens with zero attached hydrogens (tertiary/aromatic N) is 5. The maximum Gasteiger partial charge on any atom is 0.416 e. The molecular weight excluding hydrogens is 422 g/mol. The van der Waals surface area contributed by atoms with Crippen LogP contribution in [-0.2, 0) is 11.3 Å². The zero-order valence-corrected chi connectivity index (χ0v) is 18.2. The Morgan fingerprint density at radius 2 is 2.10 bits per heavy atom. The summed E-state index contributed by atoms with van der Waals surface area (Å²) in [7, 11) is 0. The minimum absolute atomic E-state index is 0.0324. The molecule has 1 saturated carbocycles. The van der Waals surface area contributed by atoms with E-state index in [1.165, 1.54) is 17.0 Å². The van der Waals surface area contributed by atoms with E-state index in [0.29, 0.717) is 22.9 Å². The van der Waals surface area contributed by atoms with E-state index in [4.69, 9.17) is 16.3 Å². The third-order valence-corrected chi connectivity index (χ3v) is 5.01. The van der Waals surface area contributed by atoms with Crippen molar-refractivity contribution in [2.75, 3.05) is 4.90 Å². The van der Waals surface area contributed by atoms with E-state index in [0.717, 1.165) is 18.4 Å². The summed E-state index contributed by atoms with van der Waals surface area (Å²) in [6.07, 6.45) is 3.26. The van der Waals surface area contributed by atoms with Crippen LogP contribution < -0.4 is 4.90 Å². The van der Waals surface area contributed by atoms with Crippen LogP contribution in [0.3, 0.4) is 0 Å². The van der Waals surface area contributed by atoms with E-state index in [9.17, 15) is 14.9 Å². The number of hydrogen-bond acceptors (Lipinski definition) is 6. The molecule has 1 fully saturated rings. The van der Waals surface area contributed by atoms with E-state index in [2.05, 4.69) is 10.1 Å². The molecule has 10 heteroatoms. The lowest BCUT2D eigenvalue weighted by Crippen LogP contribution is -2.37. The molecule has 0 N–H and O–H groups in total. The molecule has 1 aromatic carbocycles. The first kappa shape index (κ1) is 21.0. The van der Waals surface area contributed by atoms with Crippen molar-refractivity contribution < 1.29 is 14.5 Å². The Hall–Kier alpha value is -3.20. The fourth-order valence-electron chi connectivity index (χ4n) is 3.32. The number of non-ortho nitro benzene ring substituents is 1. The zero-order valence-electron chi connectivity index (χ0n) is 17.4. The Labute approximate surface area is 183 Å². The Bertz CT molecular complexity index is 1170. The molecule has 1 aliphatic rings. The molecule has 0 spiro atoms. The van der Waals surface area contributed by atoms with Crippen LogP contribution in [0.1, 0.15) is 50.7 Å². The van der Waals surface area contributed by atoms with Gasteiger partial charge >= 0.3 is 6.09 Å². The van der Waals surface area contributed by atoms with Crippen LogP contribution in [0.5, 0.6) is 0 Å². The third-order valence-electron chi connectivity index (χ3n) is 4.82. The van der Waals surface area contributed by atoms with Crippen molar-refractivity contribution in [2.45, 2.75) is 51.7 Å². The molecule has 0 radical (unpaired) electrons. The van der Waals surface area contributed by atoms with Gasteiger partial charge in [-0.15, -0.1) is 0 Å². The highest BCUT2D eigenvalue weighted by molar-refractivity contribution is 6.29. The second kappa shape index (κ2) is 7.81. The topological polar surface area (TPSA) is 103 Å². The number of nitro benzene ring substituents is 1. The van der Waals surface area contributed by atoms with Crippen LogP contribution in [0.4, 0.5) is 16.3 Å². The molecule has 31 heavy (non-hydrogen) atoms. The summed E-state index contributed by atoms with van der Waals surface area (Å²) in [5.74, 6) is 0.769. The number of hydrogen-bond donors (Lipinski definition) is 0. The van der Waals surface area contributed by atoms with Crippen molar-refractivity contribution in [2.24, 2.45) is 0 Å². The van der Waals surface area contributed by atoms with Crippen molar-refractivity contribution in [1.29, 1.82) is 0 Å². The number of benzene rings is 1. The lowest BCUT2D eigenvalue weighted by atomic mass is 10.2. The Morgan fingerprint density at radius 1 is 1.35 bits per heavy atom. The Balaban J connectivity index is 1.80. The standard InChI is InChI=1S/C21H22ClN5O4/c1-21(2,3)31-20(28)25(12-13-5-4-6-15(9-13)27(29)30)18-10-17(22)24-19-16(14-7-8-14)11-23-26(18)19/h4-6,9-11,14H,7-8,12H2,1-3H3. The lowest BCUT2D eigenvalue weighted by molar-refractivity contribution is -0.384. The van der Waals surface area contributed by atoms with Crippen LogP contribution in [0.15, 0.2) is 36.5 Å². The molecule has 0 aliphatic heterocycles. The first-order chi connectivity index (χ1) is 14.6. The average Bonchev–Trinajstić information content (AvgIpc) is 3.44. The van der Waals surface area contributed by atoms with E-state index in [1.54, 1.807) is 49.7 Å². The molecule has 0 bridgehead atoms. The summed E-state index contributed by atoms with van der Waals surface area (Å²) in [6.45, 7) is 5.34. The van der Waals surface area contributed by atoms with Crippen LogP contribution in [0.25, 0.3) is 5.65 Å². The van der Waals surface area contributed by atoms with Crippen molar-refractivity contribution >= 4 is 34.8 Å². The highest BCUT2D eigenvalue weighted by Crippen LogP contribution is 2.42. The van der Waals surface area contributed by atoms with E-state index >= 15 is 0 Å². The van der Waals surface area contributed by atoms with E-state index < -0.39 is 16.6 Å². The number of halogens is 1. The molecule has 2 aromatic heterocycles. The monoisotopic (exact) mass is 443 g/mol. The van der Waals surface area contributed by atoms with Gasteiger partial charge in [-0.2, -0.15) is 9.61 Å². The summed E-state index contributed by atoms with van der Waals surface area (Å²) in [5, 5.41) is 15.8. The van der Waals surface area contributed by atoms with Gasteiger partial charge in [0.1, 0.15) is 16.6 Å². The summed E-state index contributed by atoms with van der Waals surface area (Å²) < 4.78 is 7.18. The number of anilines is 1. The normalized spacial score (nSPS) is 13.9. The maximum absolute atomic E-state index is 13.2. The number of carbonyl (C=O) groups is 1. The number of carbonyl (C=O) groups excluding carboxylic acids is 1. The molecule has 3 aromatic rings. The minimum Gasteiger partial charge on any atom is -0.443 e. The number of aromatic nitrogens is 3. The van der Waals surface area contributed by atoms with Gasteiger partial charge in [0.25, 0.3) is 5.69 Å². The van der Waals surface area contributed by atoms with Gasteiger partial charge in [-0.3, -0.25) is 15.0 Å². The highest BCUT2D eigenvalue weighted by atomic mass is 35.5. The first-order valence-electron chi connectivity index (χ1n) is 9.90. The maximum atomic E-state index is 13.2. The number of ether oxygens (including phenoxy) is 1. The van der Waals surface area contributed by atoms with Gasteiger partial charge in [0.15, 0.2) is 5.65 Å². The van der Waals surface area contributed by atoms with Gasteiger partial charge < -0.3 is 4.74 Å². The molecule has 0 atom stereocenters. The van der Waals surface area contributed by atoms with Gasteiger partial charge in [-0.05, 0) is 45.1 Å². The molecule has 0 unspecified atom stereocenters. The van der Waals surface area contributed by atoms with Crippen molar-refractivity contribution in [3.63, 3.8) is 0 Å². The number of rotatable bonds is 5. The molecule has 0 saturated heterocycles. The molecule has 1 amide bonds. The second-order valence-electron chi connectivity index (χ2n) is 8.54. The number of fused-ring (bicyclic) bond motifs is 1. The summed E-state index contributed by atoms with van der Waals surface area (Å²) in [4.78, 5) is 29.7. The van der Waals surface area contributed by atoms with Gasteiger partial charge in [-0.25, -0.2) is 9.78 Å². The summed E-state index contributed by atoms with van der Waals surface area (Å²) in [5.41, 5.74) is 1.35. The molecule has 9 nitrogen and oxygen atoms in total. The second-order valence-corrected chi connectivity index (χ2v) is 8.93. The van der Waals surface area contributed by atoms with Crippen LogP contribution in [-0.4, -0.2) is 31.2 Å². The Kier molecular flexibility index (Phi) is 5.30. The average molecular weight is 444 g/mol. The number of amides is 1. The summed E-state index contributed by atoms with van der Waals surface area (Å²) in [6, 6.07) is 7.66.